The van der Waals surface area contributed by atoms with Crippen LogP contribution in [0.4, 0.5) is 10.8 Å². The Morgan fingerprint density at radius 1 is 1.52 bits per heavy atom. The zero-order valence-electron chi connectivity index (χ0n) is 11.6. The van der Waals surface area contributed by atoms with Crippen molar-refractivity contribution in [3.8, 4) is 6.07 Å². The number of rotatable bonds is 5. The van der Waals surface area contributed by atoms with Crippen LogP contribution >= 0.6 is 23.1 Å². The smallest absolute Gasteiger partial charge is 0.223 e. The summed E-state index contributed by atoms with van der Waals surface area (Å²) in [4.78, 5) is 16.4. The molecule has 2 N–H and O–H groups in total. The molecule has 1 aromatic heterocycles. The molecular weight excluding hydrogens is 304 g/mol. The Kier molecular flexibility index (Phi) is 5.20. The third-order valence-electron chi connectivity index (χ3n) is 2.62. The lowest BCUT2D eigenvalue weighted by atomic mass is 10.2. The van der Waals surface area contributed by atoms with Gasteiger partial charge in [0.2, 0.25) is 5.91 Å². The maximum Gasteiger partial charge on any atom is 0.223 e. The van der Waals surface area contributed by atoms with Crippen LogP contribution < -0.4 is 10.6 Å². The molecular formula is C14H14N4OS2. The van der Waals surface area contributed by atoms with Gasteiger partial charge < -0.3 is 10.6 Å². The van der Waals surface area contributed by atoms with Crippen LogP contribution in [0.15, 0.2) is 28.5 Å². The first-order valence-corrected chi connectivity index (χ1v) is 8.27. The van der Waals surface area contributed by atoms with Crippen LogP contribution in [0.3, 0.4) is 0 Å². The Morgan fingerprint density at radius 2 is 2.33 bits per heavy atom. The van der Waals surface area contributed by atoms with E-state index in [1.54, 1.807) is 17.8 Å². The number of amides is 1. The standard InChI is InChI=1S/C14H14N4OS2/c1-9(19)17-14-18-11(8-21-14)7-16-12-5-10(6-15)3-4-13(12)20-2/h3-5,8,16H,7H2,1-2H3,(H,17,18,19). The summed E-state index contributed by atoms with van der Waals surface area (Å²) in [6, 6.07) is 7.68. The van der Waals surface area contributed by atoms with Gasteiger partial charge >= 0.3 is 0 Å². The van der Waals surface area contributed by atoms with Crippen molar-refractivity contribution < 1.29 is 4.79 Å². The van der Waals surface area contributed by atoms with Gasteiger partial charge in [-0.05, 0) is 24.5 Å². The number of hydrogen-bond acceptors (Lipinski definition) is 6. The summed E-state index contributed by atoms with van der Waals surface area (Å²) < 4.78 is 0. The van der Waals surface area contributed by atoms with Crippen LogP contribution in [0.1, 0.15) is 18.2 Å². The fourth-order valence-corrected chi connectivity index (χ4v) is 3.01. The molecule has 0 unspecified atom stereocenters. The highest BCUT2D eigenvalue weighted by molar-refractivity contribution is 7.98. The minimum atomic E-state index is -0.129. The molecule has 0 aliphatic heterocycles. The number of nitriles is 1. The lowest BCUT2D eigenvalue weighted by Gasteiger charge is -2.09. The average molecular weight is 318 g/mol. The molecule has 0 saturated heterocycles. The van der Waals surface area contributed by atoms with Crippen LogP contribution in [-0.4, -0.2) is 17.1 Å². The van der Waals surface area contributed by atoms with Gasteiger partial charge in [-0.1, -0.05) is 0 Å². The molecule has 0 aliphatic rings. The molecule has 0 aliphatic carbocycles. The second kappa shape index (κ2) is 7.11. The molecule has 7 heteroatoms. The second-order valence-corrected chi connectivity index (χ2v) is 5.91. The van der Waals surface area contributed by atoms with Gasteiger partial charge in [-0.2, -0.15) is 5.26 Å². The summed E-state index contributed by atoms with van der Waals surface area (Å²) in [5, 5.41) is 17.4. The normalized spacial score (nSPS) is 9.95. The molecule has 1 aromatic carbocycles. The van der Waals surface area contributed by atoms with Crippen molar-refractivity contribution in [2.75, 3.05) is 16.9 Å². The molecule has 21 heavy (non-hydrogen) atoms. The Labute approximate surface area is 131 Å². The minimum absolute atomic E-state index is 0.129. The van der Waals surface area contributed by atoms with Crippen molar-refractivity contribution in [3.63, 3.8) is 0 Å². The van der Waals surface area contributed by atoms with Gasteiger partial charge in [-0.15, -0.1) is 23.1 Å². The number of carbonyl (C=O) groups excluding carboxylic acids is 1. The van der Waals surface area contributed by atoms with Gasteiger partial charge in [0.15, 0.2) is 5.13 Å². The highest BCUT2D eigenvalue weighted by atomic mass is 32.2. The van der Waals surface area contributed by atoms with Gasteiger partial charge in [0.1, 0.15) is 0 Å². The molecule has 0 fully saturated rings. The average Bonchev–Trinajstić information content (AvgIpc) is 2.91. The van der Waals surface area contributed by atoms with Gasteiger partial charge in [0.25, 0.3) is 0 Å². The topological polar surface area (TPSA) is 77.8 Å². The molecule has 0 saturated carbocycles. The number of benzene rings is 1. The number of carbonyl (C=O) groups is 1. The number of aromatic nitrogens is 1. The monoisotopic (exact) mass is 318 g/mol. The summed E-state index contributed by atoms with van der Waals surface area (Å²) in [7, 11) is 0. The summed E-state index contributed by atoms with van der Waals surface area (Å²) in [6.07, 6.45) is 1.99. The lowest BCUT2D eigenvalue weighted by Crippen LogP contribution is -2.06. The molecule has 5 nitrogen and oxygen atoms in total. The van der Waals surface area contributed by atoms with Crippen molar-refractivity contribution in [3.05, 3.63) is 34.8 Å². The summed E-state index contributed by atoms with van der Waals surface area (Å²) >= 11 is 3.01. The fourth-order valence-electron chi connectivity index (χ4n) is 1.70. The molecule has 1 heterocycles. The number of anilines is 2. The van der Waals surface area contributed by atoms with Crippen molar-refractivity contribution in [2.24, 2.45) is 0 Å². The quantitative estimate of drug-likeness (QED) is 0.827. The van der Waals surface area contributed by atoms with Gasteiger partial charge in [-0.3, -0.25) is 4.79 Å². The predicted molar refractivity (Wildman–Crippen MR) is 86.7 cm³/mol. The van der Waals surface area contributed by atoms with E-state index in [2.05, 4.69) is 21.7 Å². The van der Waals surface area contributed by atoms with E-state index in [4.69, 9.17) is 5.26 Å². The number of nitrogens with zero attached hydrogens (tertiary/aromatic N) is 2. The van der Waals surface area contributed by atoms with Crippen LogP contribution in [-0.2, 0) is 11.3 Å². The lowest BCUT2D eigenvalue weighted by molar-refractivity contribution is -0.114. The van der Waals surface area contributed by atoms with E-state index in [0.717, 1.165) is 16.3 Å². The predicted octanol–water partition coefficient (Wildman–Crippen LogP) is 3.31. The summed E-state index contributed by atoms with van der Waals surface area (Å²) in [5.74, 6) is -0.129. The first-order chi connectivity index (χ1) is 10.1. The van der Waals surface area contributed by atoms with E-state index in [1.807, 2.05) is 23.8 Å². The highest BCUT2D eigenvalue weighted by Gasteiger charge is 2.06. The maximum atomic E-state index is 11.0. The molecule has 1 amide bonds. The van der Waals surface area contributed by atoms with E-state index < -0.39 is 0 Å². The first kappa shape index (κ1) is 15.4. The Bertz CT molecular complexity index is 691. The largest absolute Gasteiger partial charge is 0.378 e. The molecule has 0 atom stereocenters. The number of thiazole rings is 1. The van der Waals surface area contributed by atoms with Gasteiger partial charge in [0.05, 0.1) is 23.9 Å². The molecule has 0 radical (unpaired) electrons. The van der Waals surface area contributed by atoms with Crippen LogP contribution in [0, 0.1) is 11.3 Å². The Morgan fingerprint density at radius 3 is 3.00 bits per heavy atom. The number of thioether (sulfide) groups is 1. The number of hydrogen-bond donors (Lipinski definition) is 2. The summed E-state index contributed by atoms with van der Waals surface area (Å²) in [6.45, 7) is 2.00. The third-order valence-corrected chi connectivity index (χ3v) is 4.23. The molecule has 2 rings (SSSR count). The van der Waals surface area contributed by atoms with Gasteiger partial charge in [0, 0.05) is 22.9 Å². The molecule has 2 aromatic rings. The van der Waals surface area contributed by atoms with Crippen LogP contribution in [0.25, 0.3) is 0 Å². The van der Waals surface area contributed by atoms with E-state index in [9.17, 15) is 4.79 Å². The second-order valence-electron chi connectivity index (χ2n) is 4.21. The van der Waals surface area contributed by atoms with Crippen molar-refractivity contribution in [1.29, 1.82) is 5.26 Å². The van der Waals surface area contributed by atoms with E-state index >= 15 is 0 Å². The Balaban J connectivity index is 2.07. The van der Waals surface area contributed by atoms with E-state index in [-0.39, 0.29) is 5.91 Å². The van der Waals surface area contributed by atoms with Gasteiger partial charge in [-0.25, -0.2) is 4.98 Å². The SMILES string of the molecule is CSc1ccc(C#N)cc1NCc1csc(NC(C)=O)n1. The third kappa shape index (κ3) is 4.21. The highest BCUT2D eigenvalue weighted by Crippen LogP contribution is 2.27. The zero-order valence-corrected chi connectivity index (χ0v) is 13.3. The van der Waals surface area contributed by atoms with Crippen molar-refractivity contribution in [1.82, 2.24) is 4.98 Å². The minimum Gasteiger partial charge on any atom is -0.378 e. The maximum absolute atomic E-state index is 11.0. The first-order valence-electron chi connectivity index (χ1n) is 6.16. The zero-order chi connectivity index (χ0) is 15.2. The fraction of sp³-hybridized carbons (Fsp3) is 0.214. The molecule has 0 spiro atoms. The number of nitrogens with one attached hydrogen (secondary N) is 2. The van der Waals surface area contributed by atoms with E-state index in [0.29, 0.717) is 17.2 Å². The summed E-state index contributed by atoms with van der Waals surface area (Å²) in [5.41, 5.74) is 2.38. The van der Waals surface area contributed by atoms with Crippen molar-refractivity contribution in [2.45, 2.75) is 18.4 Å². The molecule has 0 bridgehead atoms. The Hall–Kier alpha value is -2.04. The van der Waals surface area contributed by atoms with Crippen LogP contribution in [0.5, 0.6) is 0 Å². The van der Waals surface area contributed by atoms with Crippen molar-refractivity contribution >= 4 is 39.8 Å². The molecule has 108 valence electrons. The van der Waals surface area contributed by atoms with Crippen LogP contribution in [0.2, 0.25) is 0 Å². The van der Waals surface area contributed by atoms with E-state index in [1.165, 1.54) is 18.3 Å².